The van der Waals surface area contributed by atoms with Crippen LogP contribution in [-0.2, 0) is 4.74 Å². The topological polar surface area (TPSA) is 166 Å². The van der Waals surface area contributed by atoms with Crippen molar-refractivity contribution in [2.75, 3.05) is 31.1 Å². The average Bonchev–Trinajstić information content (AvgIpc) is 3.45. The van der Waals surface area contributed by atoms with Crippen LogP contribution >= 0.6 is 0 Å². The fourth-order valence-corrected chi connectivity index (χ4v) is 6.04. The van der Waals surface area contributed by atoms with Crippen molar-refractivity contribution in [3.8, 4) is 17.2 Å². The minimum atomic E-state index is -0.671. The molecular formula is C34H38FN7O5. The zero-order chi connectivity index (χ0) is 33.5. The number of aromatic nitrogens is 1. The van der Waals surface area contributed by atoms with Crippen LogP contribution in [0.5, 0.6) is 11.5 Å². The Labute approximate surface area is 270 Å². The molecule has 47 heavy (non-hydrogen) atoms. The molecule has 2 aliphatic rings. The molecule has 0 radical (unpaired) electrons. The molecule has 3 aromatic carbocycles. The number of unbranched alkanes of at least 4 members (excludes halogenated alkanes) is 1. The number of hydrogen-bond acceptors (Lipinski definition) is 7. The number of nitrogens with zero attached hydrogens (tertiary/aromatic N) is 3. The Morgan fingerprint density at radius 1 is 1.13 bits per heavy atom. The number of halogens is 1. The van der Waals surface area contributed by atoms with Gasteiger partial charge < -0.3 is 41.0 Å². The lowest BCUT2D eigenvalue weighted by Gasteiger charge is -2.29. The van der Waals surface area contributed by atoms with Gasteiger partial charge in [-0.15, -0.1) is 0 Å². The molecule has 1 aromatic heterocycles. The first kappa shape index (κ1) is 31.6. The van der Waals surface area contributed by atoms with Crippen LogP contribution in [0.1, 0.15) is 50.4 Å². The molecule has 13 heteroatoms. The van der Waals surface area contributed by atoms with Crippen LogP contribution in [0.25, 0.3) is 27.4 Å². The molecule has 1 atom stereocenters. The molecule has 2 amide bonds. The van der Waals surface area contributed by atoms with Crippen molar-refractivity contribution in [2.45, 2.75) is 51.7 Å². The highest BCUT2D eigenvalue weighted by atomic mass is 19.1. The van der Waals surface area contributed by atoms with Gasteiger partial charge in [-0.05, 0) is 69.0 Å². The summed E-state index contributed by atoms with van der Waals surface area (Å²) in [6.45, 7) is 6.80. The highest BCUT2D eigenvalue weighted by molar-refractivity contribution is 6.02. The van der Waals surface area contributed by atoms with E-state index in [1.165, 1.54) is 12.3 Å². The van der Waals surface area contributed by atoms with Gasteiger partial charge in [0, 0.05) is 32.4 Å². The molecule has 12 nitrogen and oxygen atoms in total. The average molecular weight is 644 g/mol. The van der Waals surface area contributed by atoms with Crippen molar-refractivity contribution < 1.29 is 23.5 Å². The van der Waals surface area contributed by atoms with Gasteiger partial charge in [0.1, 0.15) is 22.4 Å². The number of fused-ring (bicyclic) bond motifs is 3. The first-order valence-corrected chi connectivity index (χ1v) is 15.6. The van der Waals surface area contributed by atoms with Crippen molar-refractivity contribution >= 4 is 45.3 Å². The second-order valence-corrected chi connectivity index (χ2v) is 12.8. The van der Waals surface area contributed by atoms with E-state index < -0.39 is 28.8 Å². The number of pyridine rings is 1. The minimum Gasteiger partial charge on any atom is -0.451 e. The smallest absolute Gasteiger partial charge is 0.407 e. The Kier molecular flexibility index (Phi) is 8.39. The molecule has 3 heterocycles. The van der Waals surface area contributed by atoms with E-state index in [4.69, 9.17) is 20.9 Å². The first-order valence-electron chi connectivity index (χ1n) is 15.6. The van der Waals surface area contributed by atoms with Crippen LogP contribution in [0.2, 0.25) is 0 Å². The van der Waals surface area contributed by atoms with Crippen LogP contribution < -0.4 is 37.2 Å². The van der Waals surface area contributed by atoms with Crippen molar-refractivity contribution in [3.63, 3.8) is 0 Å². The fraction of sp³-hybridized carbons (Fsp3) is 0.353. The molecule has 6 rings (SSSR count). The van der Waals surface area contributed by atoms with Crippen LogP contribution in [0, 0.1) is 5.82 Å². The zero-order valence-corrected chi connectivity index (χ0v) is 26.6. The maximum absolute atomic E-state index is 16.2. The maximum atomic E-state index is 16.2. The van der Waals surface area contributed by atoms with E-state index in [0.717, 1.165) is 10.8 Å². The Morgan fingerprint density at radius 2 is 1.87 bits per heavy atom. The lowest BCUT2D eigenvalue weighted by atomic mass is 10.0. The van der Waals surface area contributed by atoms with Gasteiger partial charge in [-0.2, -0.15) is 0 Å². The van der Waals surface area contributed by atoms with E-state index in [9.17, 15) is 14.4 Å². The summed E-state index contributed by atoms with van der Waals surface area (Å²) in [5, 5.41) is 7.51. The molecule has 6 N–H and O–H groups in total. The van der Waals surface area contributed by atoms with Crippen LogP contribution in [0.15, 0.2) is 58.4 Å². The Balaban J connectivity index is 1.39. The number of alkyl carbamates (subject to hydrolysis) is 1. The highest BCUT2D eigenvalue weighted by Crippen LogP contribution is 2.48. The number of rotatable bonds is 8. The predicted octanol–water partition coefficient (Wildman–Crippen LogP) is 4.28. The number of ether oxygens (including phenoxy) is 2. The molecule has 246 valence electrons. The molecule has 0 saturated carbocycles. The summed E-state index contributed by atoms with van der Waals surface area (Å²) in [5.74, 6) is -0.624. The second-order valence-electron chi connectivity index (χ2n) is 12.8. The molecule has 0 spiro atoms. The summed E-state index contributed by atoms with van der Waals surface area (Å²) in [6.07, 6.45) is 2.73. The number of amides is 2. The summed E-state index contributed by atoms with van der Waals surface area (Å²) in [4.78, 5) is 45.3. The van der Waals surface area contributed by atoms with E-state index in [1.54, 1.807) is 30.2 Å². The number of nitrogens with one attached hydrogen (secondary N) is 2. The van der Waals surface area contributed by atoms with Crippen LogP contribution in [0.4, 0.5) is 14.9 Å². The van der Waals surface area contributed by atoms with Gasteiger partial charge in [0.15, 0.2) is 23.3 Å². The monoisotopic (exact) mass is 643 g/mol. The first-order chi connectivity index (χ1) is 22.4. The Morgan fingerprint density at radius 3 is 2.60 bits per heavy atom. The largest absolute Gasteiger partial charge is 0.451 e. The Hall–Kier alpha value is -5.33. The number of aliphatic imine (C=N–C) groups is 1. The lowest BCUT2D eigenvalue weighted by molar-refractivity contribution is 0.0508. The van der Waals surface area contributed by atoms with E-state index in [2.05, 4.69) is 15.6 Å². The molecule has 0 bridgehead atoms. The van der Waals surface area contributed by atoms with Crippen molar-refractivity contribution in [1.82, 2.24) is 15.2 Å². The number of hydrogen-bond donors (Lipinski definition) is 4. The minimum absolute atomic E-state index is 0.000930. The second kappa shape index (κ2) is 12.5. The van der Waals surface area contributed by atoms with Crippen molar-refractivity contribution in [1.29, 1.82) is 0 Å². The van der Waals surface area contributed by atoms with E-state index in [0.29, 0.717) is 62.4 Å². The van der Waals surface area contributed by atoms with Gasteiger partial charge in [-0.25, -0.2) is 9.18 Å². The SMILES string of the molecule is CC(C)(C)OC(=O)N[C@@H]1CCN(c2c(F)cc3c(=O)c(C(=O)NCCCCN=C(N)N)cn4c3c2Oc2cc3ccccc3cc2-4)C1. The third-order valence-corrected chi connectivity index (χ3v) is 8.10. The summed E-state index contributed by atoms with van der Waals surface area (Å²) in [5.41, 5.74) is 10.5. The van der Waals surface area contributed by atoms with Gasteiger partial charge in [-0.1, -0.05) is 24.3 Å². The van der Waals surface area contributed by atoms with Gasteiger partial charge in [-0.3, -0.25) is 14.6 Å². The Bertz CT molecular complexity index is 1980. The van der Waals surface area contributed by atoms with Crippen LogP contribution in [-0.4, -0.2) is 60.3 Å². The number of benzene rings is 3. The van der Waals surface area contributed by atoms with E-state index in [1.807, 2.05) is 36.4 Å². The zero-order valence-electron chi connectivity index (χ0n) is 26.6. The van der Waals surface area contributed by atoms with E-state index >= 15 is 4.39 Å². The molecule has 0 aliphatic carbocycles. The third kappa shape index (κ3) is 6.51. The number of carbonyl (C=O) groups excluding carboxylic acids is 2. The number of carbonyl (C=O) groups is 2. The quantitative estimate of drug-likeness (QED) is 0.111. The summed E-state index contributed by atoms with van der Waals surface area (Å²) >= 11 is 0. The summed E-state index contributed by atoms with van der Waals surface area (Å²) in [7, 11) is 0. The fourth-order valence-electron chi connectivity index (χ4n) is 6.04. The number of nitrogens with two attached hydrogens (primary N) is 2. The molecular weight excluding hydrogens is 605 g/mol. The van der Waals surface area contributed by atoms with Crippen molar-refractivity contribution in [3.05, 3.63) is 70.3 Å². The number of guanidine groups is 1. The van der Waals surface area contributed by atoms with Gasteiger partial charge in [0.05, 0.1) is 17.1 Å². The van der Waals surface area contributed by atoms with E-state index in [-0.39, 0.29) is 34.4 Å². The lowest BCUT2D eigenvalue weighted by Crippen LogP contribution is -2.40. The van der Waals surface area contributed by atoms with Gasteiger partial charge in [0.2, 0.25) is 5.43 Å². The maximum Gasteiger partial charge on any atom is 0.407 e. The van der Waals surface area contributed by atoms with Gasteiger partial charge >= 0.3 is 6.09 Å². The molecule has 4 aromatic rings. The molecule has 1 fully saturated rings. The number of anilines is 1. The van der Waals surface area contributed by atoms with Gasteiger partial charge in [0.25, 0.3) is 5.91 Å². The third-order valence-electron chi connectivity index (χ3n) is 8.10. The molecule has 0 unspecified atom stereocenters. The molecule has 1 saturated heterocycles. The van der Waals surface area contributed by atoms with Crippen LogP contribution in [0.3, 0.4) is 0 Å². The summed E-state index contributed by atoms with van der Waals surface area (Å²) < 4.78 is 29.8. The standard InChI is InChI=1S/C34H38FN7O5/c1-34(2,3)47-33(45)40-21-10-13-41(17-21)28-24(35)16-22-27-30(28)46-26-15-20-9-5-4-8-19(20)14-25(26)42(27)18-23(29(22)43)31(44)38-11-6-7-12-39-32(36)37/h4-5,8-9,14-16,18,21H,6-7,10-13,17H2,1-3H3,(H,38,44)(H,40,45)(H4,36,37,39)/t21-/m1/s1. The predicted molar refractivity (Wildman–Crippen MR) is 179 cm³/mol. The van der Waals surface area contributed by atoms with Crippen molar-refractivity contribution in [2.24, 2.45) is 16.5 Å². The normalized spacial score (nSPS) is 15.2. The summed E-state index contributed by atoms with van der Waals surface area (Å²) in [6, 6.07) is 12.4. The highest BCUT2D eigenvalue weighted by Gasteiger charge is 2.34. The molecule has 2 aliphatic heterocycles.